The van der Waals surface area contributed by atoms with Crippen LogP contribution in [0.2, 0.25) is 0 Å². The molecule has 1 saturated carbocycles. The summed E-state index contributed by atoms with van der Waals surface area (Å²) in [5.41, 5.74) is 8.21. The van der Waals surface area contributed by atoms with Gasteiger partial charge in [0.05, 0.1) is 0 Å². The van der Waals surface area contributed by atoms with Crippen molar-refractivity contribution in [3.8, 4) is 0 Å². The lowest BCUT2D eigenvalue weighted by Gasteiger charge is -2.20. The molecule has 0 heterocycles. The zero-order valence-electron chi connectivity index (χ0n) is 10.2. The zero-order chi connectivity index (χ0) is 11.4. The number of benzene rings is 1. The van der Waals surface area contributed by atoms with E-state index in [1.807, 2.05) is 0 Å². The van der Waals surface area contributed by atoms with Crippen LogP contribution in [0.4, 0.5) is 0 Å². The van der Waals surface area contributed by atoms with E-state index in [4.69, 9.17) is 5.73 Å². The van der Waals surface area contributed by atoms with Gasteiger partial charge in [-0.25, -0.2) is 0 Å². The van der Waals surface area contributed by atoms with Crippen molar-refractivity contribution in [1.29, 1.82) is 0 Å². The Bertz CT molecular complexity index is 314. The molecule has 1 aromatic rings. The van der Waals surface area contributed by atoms with Gasteiger partial charge in [0, 0.05) is 19.6 Å². The quantitative estimate of drug-likeness (QED) is 0.794. The molecule has 2 N–H and O–H groups in total. The summed E-state index contributed by atoms with van der Waals surface area (Å²) in [6.07, 6.45) is 2.87. The highest BCUT2D eigenvalue weighted by Crippen LogP contribution is 2.30. The largest absolute Gasteiger partial charge is 0.326 e. The Morgan fingerprint density at radius 1 is 1.19 bits per heavy atom. The van der Waals surface area contributed by atoms with Crippen molar-refractivity contribution < 1.29 is 0 Å². The lowest BCUT2D eigenvalue weighted by molar-refractivity contribution is 0.268. The van der Waals surface area contributed by atoms with Gasteiger partial charge in [-0.2, -0.15) is 0 Å². The van der Waals surface area contributed by atoms with Crippen molar-refractivity contribution in [1.82, 2.24) is 4.90 Å². The minimum absolute atomic E-state index is 0.639. The standard InChI is InChI=1S/C14H22N2/c1-2-16(11-14-7-8-14)10-13-5-3-12(9-15)4-6-13/h3-6,14H,2,7-11,15H2,1H3. The highest BCUT2D eigenvalue weighted by atomic mass is 15.1. The van der Waals surface area contributed by atoms with Gasteiger partial charge in [0.1, 0.15) is 0 Å². The van der Waals surface area contributed by atoms with E-state index in [0.29, 0.717) is 6.54 Å². The van der Waals surface area contributed by atoms with E-state index in [9.17, 15) is 0 Å². The Kier molecular flexibility index (Phi) is 3.97. The van der Waals surface area contributed by atoms with Crippen molar-refractivity contribution >= 4 is 0 Å². The summed E-state index contributed by atoms with van der Waals surface area (Å²) in [5.74, 6) is 0.975. The van der Waals surface area contributed by atoms with Crippen LogP contribution in [0.15, 0.2) is 24.3 Å². The molecule has 0 amide bonds. The van der Waals surface area contributed by atoms with Gasteiger partial charge in [0.25, 0.3) is 0 Å². The van der Waals surface area contributed by atoms with Gasteiger partial charge in [-0.15, -0.1) is 0 Å². The fourth-order valence-corrected chi connectivity index (χ4v) is 2.01. The smallest absolute Gasteiger partial charge is 0.0233 e. The Hall–Kier alpha value is -0.860. The van der Waals surface area contributed by atoms with Crippen LogP contribution < -0.4 is 5.73 Å². The van der Waals surface area contributed by atoms with E-state index < -0.39 is 0 Å². The molecule has 2 heteroatoms. The highest BCUT2D eigenvalue weighted by molar-refractivity contribution is 5.22. The second-order valence-electron chi connectivity index (χ2n) is 4.79. The van der Waals surface area contributed by atoms with Crippen LogP contribution in [0, 0.1) is 5.92 Å². The summed E-state index contributed by atoms with van der Waals surface area (Å²) in [5, 5.41) is 0. The summed E-state index contributed by atoms with van der Waals surface area (Å²) < 4.78 is 0. The fraction of sp³-hybridized carbons (Fsp3) is 0.571. The normalized spacial score (nSPS) is 15.7. The van der Waals surface area contributed by atoms with Gasteiger partial charge in [0.15, 0.2) is 0 Å². The highest BCUT2D eigenvalue weighted by Gasteiger charge is 2.23. The van der Waals surface area contributed by atoms with Crippen molar-refractivity contribution in [3.05, 3.63) is 35.4 Å². The summed E-state index contributed by atoms with van der Waals surface area (Å²) in [6.45, 7) is 6.39. The number of hydrogen-bond acceptors (Lipinski definition) is 2. The molecule has 1 aromatic carbocycles. The Balaban J connectivity index is 1.89. The maximum atomic E-state index is 5.59. The molecule has 2 nitrogen and oxygen atoms in total. The monoisotopic (exact) mass is 218 g/mol. The van der Waals surface area contributed by atoms with E-state index in [1.54, 1.807) is 0 Å². The average molecular weight is 218 g/mol. The molecule has 16 heavy (non-hydrogen) atoms. The Labute approximate surface area is 98.4 Å². The number of hydrogen-bond donors (Lipinski definition) is 1. The molecule has 1 fully saturated rings. The molecule has 0 unspecified atom stereocenters. The molecular weight excluding hydrogens is 196 g/mol. The summed E-state index contributed by atoms with van der Waals surface area (Å²) >= 11 is 0. The van der Waals surface area contributed by atoms with Crippen LogP contribution in [-0.4, -0.2) is 18.0 Å². The fourth-order valence-electron chi connectivity index (χ4n) is 2.01. The molecule has 0 radical (unpaired) electrons. The molecule has 2 rings (SSSR count). The molecule has 0 aliphatic heterocycles. The van der Waals surface area contributed by atoms with Crippen molar-refractivity contribution in [2.45, 2.75) is 32.9 Å². The van der Waals surface area contributed by atoms with Crippen LogP contribution in [0.3, 0.4) is 0 Å². The lowest BCUT2D eigenvalue weighted by atomic mass is 10.1. The Morgan fingerprint density at radius 3 is 2.31 bits per heavy atom. The molecule has 88 valence electrons. The van der Waals surface area contributed by atoms with Crippen LogP contribution in [0.1, 0.15) is 30.9 Å². The van der Waals surface area contributed by atoms with Gasteiger partial charge in [-0.3, -0.25) is 4.90 Å². The van der Waals surface area contributed by atoms with Crippen LogP contribution in [-0.2, 0) is 13.1 Å². The lowest BCUT2D eigenvalue weighted by Crippen LogP contribution is -2.25. The average Bonchev–Trinajstić information content (AvgIpc) is 3.13. The first-order valence-corrected chi connectivity index (χ1v) is 6.32. The van der Waals surface area contributed by atoms with Gasteiger partial charge in [-0.05, 0) is 36.4 Å². The first kappa shape index (κ1) is 11.6. The van der Waals surface area contributed by atoms with Crippen molar-refractivity contribution in [3.63, 3.8) is 0 Å². The zero-order valence-corrected chi connectivity index (χ0v) is 10.2. The Morgan fingerprint density at radius 2 is 1.81 bits per heavy atom. The summed E-state index contributed by atoms with van der Waals surface area (Å²) in [4.78, 5) is 2.54. The van der Waals surface area contributed by atoms with Gasteiger partial charge in [-0.1, -0.05) is 31.2 Å². The number of nitrogens with zero attached hydrogens (tertiary/aromatic N) is 1. The van der Waals surface area contributed by atoms with Gasteiger partial charge >= 0.3 is 0 Å². The van der Waals surface area contributed by atoms with E-state index in [1.165, 1.54) is 30.5 Å². The van der Waals surface area contributed by atoms with Gasteiger partial charge in [0.2, 0.25) is 0 Å². The number of nitrogens with two attached hydrogens (primary N) is 1. The van der Waals surface area contributed by atoms with Crippen molar-refractivity contribution in [2.75, 3.05) is 13.1 Å². The molecule has 0 bridgehead atoms. The topological polar surface area (TPSA) is 29.3 Å². The second-order valence-corrected chi connectivity index (χ2v) is 4.79. The SMILES string of the molecule is CCN(Cc1ccc(CN)cc1)CC1CC1. The van der Waals surface area contributed by atoms with E-state index >= 15 is 0 Å². The first-order chi connectivity index (χ1) is 7.81. The van der Waals surface area contributed by atoms with Gasteiger partial charge < -0.3 is 5.73 Å². The number of rotatable bonds is 6. The molecule has 0 aromatic heterocycles. The third-order valence-corrected chi connectivity index (χ3v) is 3.33. The predicted octanol–water partition coefficient (Wildman–Crippen LogP) is 2.38. The van der Waals surface area contributed by atoms with Crippen LogP contribution in [0.25, 0.3) is 0 Å². The van der Waals surface area contributed by atoms with E-state index in [-0.39, 0.29) is 0 Å². The second kappa shape index (κ2) is 5.46. The minimum Gasteiger partial charge on any atom is -0.326 e. The molecule has 0 atom stereocenters. The molecule has 0 saturated heterocycles. The maximum Gasteiger partial charge on any atom is 0.0233 e. The predicted molar refractivity (Wildman–Crippen MR) is 68.0 cm³/mol. The molecule has 0 spiro atoms. The van der Waals surface area contributed by atoms with Crippen LogP contribution >= 0.6 is 0 Å². The molecular formula is C14H22N2. The van der Waals surface area contributed by atoms with E-state index in [2.05, 4.69) is 36.1 Å². The third-order valence-electron chi connectivity index (χ3n) is 3.33. The minimum atomic E-state index is 0.639. The molecule has 1 aliphatic carbocycles. The maximum absolute atomic E-state index is 5.59. The first-order valence-electron chi connectivity index (χ1n) is 6.32. The summed E-state index contributed by atoms with van der Waals surface area (Å²) in [6, 6.07) is 8.69. The van der Waals surface area contributed by atoms with E-state index in [0.717, 1.165) is 19.0 Å². The summed E-state index contributed by atoms with van der Waals surface area (Å²) in [7, 11) is 0. The van der Waals surface area contributed by atoms with Crippen LogP contribution in [0.5, 0.6) is 0 Å². The molecule has 1 aliphatic rings. The third kappa shape index (κ3) is 3.32. The van der Waals surface area contributed by atoms with Crippen molar-refractivity contribution in [2.24, 2.45) is 11.7 Å².